The maximum atomic E-state index is 11.8. The lowest BCUT2D eigenvalue weighted by Crippen LogP contribution is -2.36. The summed E-state index contributed by atoms with van der Waals surface area (Å²) < 4.78 is 1.15. The van der Waals surface area contributed by atoms with Crippen LogP contribution in [-0.2, 0) is 11.3 Å². The summed E-state index contributed by atoms with van der Waals surface area (Å²) in [5, 5.41) is 9.82. The molecule has 1 rings (SSSR count). The molecule has 19 heavy (non-hydrogen) atoms. The lowest BCUT2D eigenvalue weighted by molar-refractivity contribution is -0.122. The van der Waals surface area contributed by atoms with Crippen molar-refractivity contribution in [1.29, 1.82) is 0 Å². The third-order valence-electron chi connectivity index (χ3n) is 2.33. The van der Waals surface area contributed by atoms with Crippen LogP contribution in [0.15, 0.2) is 17.1 Å². The van der Waals surface area contributed by atoms with Crippen molar-refractivity contribution in [2.45, 2.75) is 40.3 Å². The first-order valence-corrected chi connectivity index (χ1v) is 6.49. The van der Waals surface area contributed by atoms with Crippen molar-refractivity contribution in [3.05, 3.63) is 22.6 Å². The molecule has 0 aliphatic heterocycles. The van der Waals surface area contributed by atoms with E-state index in [-0.39, 0.29) is 24.1 Å². The third-order valence-corrected chi connectivity index (χ3v) is 2.33. The Morgan fingerprint density at radius 2 is 2.05 bits per heavy atom. The third kappa shape index (κ3) is 5.54. The van der Waals surface area contributed by atoms with Crippen molar-refractivity contribution < 1.29 is 4.79 Å². The molecule has 2 N–H and O–H groups in total. The normalized spacial score (nSPS) is 10.8. The van der Waals surface area contributed by atoms with Crippen LogP contribution in [0.1, 0.15) is 27.7 Å². The van der Waals surface area contributed by atoms with Gasteiger partial charge in [-0.2, -0.15) is 5.10 Å². The summed E-state index contributed by atoms with van der Waals surface area (Å²) in [6.07, 6.45) is 1.56. The van der Waals surface area contributed by atoms with Gasteiger partial charge in [-0.05, 0) is 19.8 Å². The van der Waals surface area contributed by atoms with E-state index in [1.807, 2.05) is 13.8 Å². The maximum absolute atomic E-state index is 11.8. The van der Waals surface area contributed by atoms with Gasteiger partial charge in [0.1, 0.15) is 6.54 Å². The van der Waals surface area contributed by atoms with Crippen molar-refractivity contribution in [2.24, 2.45) is 5.92 Å². The minimum Gasteiger partial charge on any atom is -0.383 e. The molecule has 1 heterocycles. The van der Waals surface area contributed by atoms with Gasteiger partial charge in [-0.3, -0.25) is 9.59 Å². The lowest BCUT2D eigenvalue weighted by atomic mass is 10.2. The Bertz CT molecular complexity index is 480. The quantitative estimate of drug-likeness (QED) is 0.800. The number of nitrogens with one attached hydrogen (secondary N) is 2. The average molecular weight is 266 g/mol. The number of hydrogen-bond donors (Lipinski definition) is 2. The number of carbonyl (C=O) groups is 1. The minimum absolute atomic E-state index is 0.0511. The van der Waals surface area contributed by atoms with Crippen LogP contribution in [0.3, 0.4) is 0 Å². The van der Waals surface area contributed by atoms with E-state index in [1.165, 1.54) is 6.07 Å². The number of carbonyl (C=O) groups excluding carboxylic acids is 1. The van der Waals surface area contributed by atoms with Crippen molar-refractivity contribution in [2.75, 3.05) is 11.9 Å². The molecule has 0 spiro atoms. The molecule has 1 aromatic rings. The number of amides is 1. The molecular weight excluding hydrogens is 244 g/mol. The first-order chi connectivity index (χ1) is 8.88. The van der Waals surface area contributed by atoms with Gasteiger partial charge in [-0.25, -0.2) is 4.68 Å². The van der Waals surface area contributed by atoms with Gasteiger partial charge in [0.2, 0.25) is 5.91 Å². The van der Waals surface area contributed by atoms with Crippen molar-refractivity contribution in [3.63, 3.8) is 0 Å². The van der Waals surface area contributed by atoms with E-state index in [0.717, 1.165) is 11.2 Å². The van der Waals surface area contributed by atoms with Crippen molar-refractivity contribution in [3.8, 4) is 0 Å². The van der Waals surface area contributed by atoms with Crippen LogP contribution in [0.4, 0.5) is 5.69 Å². The van der Waals surface area contributed by atoms with Crippen LogP contribution in [-0.4, -0.2) is 28.3 Å². The number of nitrogens with zero attached hydrogens (tertiary/aromatic N) is 2. The van der Waals surface area contributed by atoms with Gasteiger partial charge >= 0.3 is 0 Å². The zero-order valence-corrected chi connectivity index (χ0v) is 11.9. The highest BCUT2D eigenvalue weighted by atomic mass is 16.2. The van der Waals surface area contributed by atoms with E-state index in [1.54, 1.807) is 6.20 Å². The van der Waals surface area contributed by atoms with Gasteiger partial charge in [0.15, 0.2) is 0 Å². The Kier molecular flexibility index (Phi) is 5.54. The summed E-state index contributed by atoms with van der Waals surface area (Å²) in [5.41, 5.74) is 0.395. The van der Waals surface area contributed by atoms with Crippen LogP contribution in [0, 0.1) is 5.92 Å². The fraction of sp³-hybridized carbons (Fsp3) is 0.615. The van der Waals surface area contributed by atoms with Crippen LogP contribution in [0.2, 0.25) is 0 Å². The smallest absolute Gasteiger partial charge is 0.269 e. The molecule has 6 heteroatoms. The van der Waals surface area contributed by atoms with Gasteiger partial charge in [0.25, 0.3) is 5.56 Å². The molecule has 0 radical (unpaired) electrons. The summed E-state index contributed by atoms with van der Waals surface area (Å²) in [6, 6.07) is 1.51. The zero-order valence-electron chi connectivity index (χ0n) is 11.9. The van der Waals surface area contributed by atoms with Gasteiger partial charge in [0, 0.05) is 18.7 Å². The highest BCUT2D eigenvalue weighted by Gasteiger charge is 2.07. The summed E-state index contributed by atoms with van der Waals surface area (Å²) in [4.78, 5) is 23.3. The summed E-state index contributed by atoms with van der Waals surface area (Å²) >= 11 is 0. The monoisotopic (exact) mass is 266 g/mol. The van der Waals surface area contributed by atoms with E-state index in [9.17, 15) is 9.59 Å². The molecule has 0 atom stereocenters. The Morgan fingerprint density at radius 1 is 1.37 bits per heavy atom. The first kappa shape index (κ1) is 15.2. The fourth-order valence-corrected chi connectivity index (χ4v) is 1.47. The summed E-state index contributed by atoms with van der Waals surface area (Å²) in [6.45, 7) is 8.62. The van der Waals surface area contributed by atoms with Crippen molar-refractivity contribution in [1.82, 2.24) is 15.1 Å². The SMILES string of the molecule is CC(C)CNc1cnn(CC(=O)NC(C)C)c(=O)c1. The molecule has 0 aromatic carbocycles. The van der Waals surface area contributed by atoms with Crippen LogP contribution in [0.25, 0.3) is 0 Å². The van der Waals surface area contributed by atoms with Gasteiger partial charge < -0.3 is 10.6 Å². The van der Waals surface area contributed by atoms with Gasteiger partial charge in [-0.1, -0.05) is 13.8 Å². The molecule has 0 fully saturated rings. The topological polar surface area (TPSA) is 76.0 Å². The molecule has 106 valence electrons. The van der Waals surface area contributed by atoms with Gasteiger partial charge in [-0.15, -0.1) is 0 Å². The molecule has 0 saturated heterocycles. The molecule has 0 aliphatic rings. The van der Waals surface area contributed by atoms with E-state index < -0.39 is 0 Å². The molecule has 0 bridgehead atoms. The van der Waals surface area contributed by atoms with E-state index in [4.69, 9.17) is 0 Å². The standard InChI is InChI=1S/C13H22N4O2/c1-9(2)6-14-11-5-13(19)17(15-7-11)8-12(18)16-10(3)4/h5,7,9-10,14H,6,8H2,1-4H3,(H,16,18). The molecule has 1 aromatic heterocycles. The maximum Gasteiger partial charge on any atom is 0.269 e. The van der Waals surface area contributed by atoms with Crippen molar-refractivity contribution >= 4 is 11.6 Å². The number of rotatable bonds is 6. The molecule has 0 aliphatic carbocycles. The Hall–Kier alpha value is -1.85. The second-order valence-corrected chi connectivity index (χ2v) is 5.24. The van der Waals surface area contributed by atoms with E-state index in [2.05, 4.69) is 29.6 Å². The van der Waals surface area contributed by atoms with Crippen LogP contribution in [0.5, 0.6) is 0 Å². The van der Waals surface area contributed by atoms with Crippen LogP contribution < -0.4 is 16.2 Å². The lowest BCUT2D eigenvalue weighted by Gasteiger charge is -2.11. The highest BCUT2D eigenvalue weighted by Crippen LogP contribution is 2.01. The average Bonchev–Trinajstić information content (AvgIpc) is 2.28. The van der Waals surface area contributed by atoms with Crippen LogP contribution >= 0.6 is 0 Å². The second-order valence-electron chi connectivity index (χ2n) is 5.24. The molecule has 0 saturated carbocycles. The Balaban J connectivity index is 2.67. The Morgan fingerprint density at radius 3 is 2.58 bits per heavy atom. The number of hydrogen-bond acceptors (Lipinski definition) is 4. The molecule has 1 amide bonds. The van der Waals surface area contributed by atoms with E-state index in [0.29, 0.717) is 11.6 Å². The van der Waals surface area contributed by atoms with E-state index >= 15 is 0 Å². The molecular formula is C13H22N4O2. The number of aromatic nitrogens is 2. The predicted octanol–water partition coefficient (Wildman–Crippen LogP) is 0.836. The number of anilines is 1. The summed E-state index contributed by atoms with van der Waals surface area (Å²) in [7, 11) is 0. The fourth-order valence-electron chi connectivity index (χ4n) is 1.47. The predicted molar refractivity (Wildman–Crippen MR) is 75.1 cm³/mol. The summed E-state index contributed by atoms with van der Waals surface area (Å²) in [5.74, 6) is 0.270. The first-order valence-electron chi connectivity index (χ1n) is 6.49. The van der Waals surface area contributed by atoms with Gasteiger partial charge in [0.05, 0.1) is 11.9 Å². The molecule has 6 nitrogen and oxygen atoms in total. The largest absolute Gasteiger partial charge is 0.383 e. The second kappa shape index (κ2) is 6.92. The minimum atomic E-state index is -0.285. The zero-order chi connectivity index (χ0) is 14.4. The highest BCUT2D eigenvalue weighted by molar-refractivity contribution is 5.75. The molecule has 0 unspecified atom stereocenters. The Labute approximate surface area is 113 Å².